The third kappa shape index (κ3) is 5.62. The Labute approximate surface area is 184 Å². The lowest BCUT2D eigenvalue weighted by Crippen LogP contribution is -2.28. The number of benzene rings is 1. The number of hydrogen-bond acceptors (Lipinski definition) is 7. The number of ether oxygens (including phenoxy) is 1. The molecule has 0 spiro atoms. The van der Waals surface area contributed by atoms with Crippen molar-refractivity contribution in [2.24, 2.45) is 5.92 Å². The Morgan fingerprint density at radius 3 is 2.84 bits per heavy atom. The van der Waals surface area contributed by atoms with Gasteiger partial charge in [0.25, 0.3) is 0 Å². The molecule has 4 rings (SSSR count). The fourth-order valence-electron chi connectivity index (χ4n) is 3.23. The van der Waals surface area contributed by atoms with Crippen LogP contribution in [0.25, 0.3) is 0 Å². The highest BCUT2D eigenvalue weighted by molar-refractivity contribution is 7.88. The molecule has 1 aromatic heterocycles. The Bertz CT molecular complexity index is 1130. The summed E-state index contributed by atoms with van der Waals surface area (Å²) in [7, 11) is -3.81. The summed E-state index contributed by atoms with van der Waals surface area (Å²) in [4.78, 5) is 28.1. The van der Waals surface area contributed by atoms with Gasteiger partial charge in [-0.05, 0) is 43.4 Å². The number of urea groups is 1. The van der Waals surface area contributed by atoms with Crippen LogP contribution < -0.4 is 14.8 Å². The van der Waals surface area contributed by atoms with Crippen molar-refractivity contribution in [1.82, 2.24) is 19.9 Å². The third-order valence-corrected chi connectivity index (χ3v) is 6.50. The van der Waals surface area contributed by atoms with E-state index in [4.69, 9.17) is 9.15 Å². The molecule has 32 heavy (non-hydrogen) atoms. The van der Waals surface area contributed by atoms with E-state index in [-0.39, 0.29) is 30.4 Å². The zero-order chi connectivity index (χ0) is 22.9. The fraction of sp³-hybridized carbons (Fsp3) is 0.450. The molecule has 1 aliphatic heterocycles. The summed E-state index contributed by atoms with van der Waals surface area (Å²) >= 11 is 0. The fourth-order valence-corrected chi connectivity index (χ4v) is 4.51. The first-order chi connectivity index (χ1) is 15.2. The van der Waals surface area contributed by atoms with Gasteiger partial charge < -0.3 is 14.1 Å². The average molecular weight is 466 g/mol. The van der Waals surface area contributed by atoms with Gasteiger partial charge in [0, 0.05) is 6.04 Å². The number of nitrogens with zero attached hydrogens (tertiary/aromatic N) is 2. The molecular weight excluding hydrogens is 443 g/mol. The molecule has 2 aromatic rings. The van der Waals surface area contributed by atoms with Crippen molar-refractivity contribution < 1.29 is 31.6 Å². The summed E-state index contributed by atoms with van der Waals surface area (Å²) in [6, 6.07) is 3.07. The van der Waals surface area contributed by atoms with Crippen LogP contribution in [0.4, 0.5) is 9.18 Å². The van der Waals surface area contributed by atoms with Gasteiger partial charge in [0.2, 0.25) is 21.8 Å². The van der Waals surface area contributed by atoms with Gasteiger partial charge in [-0.1, -0.05) is 6.07 Å². The third-order valence-electron chi connectivity index (χ3n) is 5.11. The number of hydrogen-bond donors (Lipinski definition) is 2. The van der Waals surface area contributed by atoms with Gasteiger partial charge in [-0.15, -0.1) is 0 Å². The monoisotopic (exact) mass is 466 g/mol. The molecule has 12 heteroatoms. The van der Waals surface area contributed by atoms with E-state index in [1.54, 1.807) is 6.92 Å². The van der Waals surface area contributed by atoms with Crippen molar-refractivity contribution >= 4 is 22.0 Å². The standard InChI is InChI=1S/C20H23FN4O6S/c1-12(14-4-5-16(21)17(6-14)30-9-13-2-3-13)24-32(28,29)11-15-10-31-19(22-15)8-25-7-18(26)23-20(25)27/h4-6,10,12-13,24H,2-3,7-9,11H2,1H3,(H,23,26,27)/t12-/m1/s1. The molecule has 0 radical (unpaired) electrons. The molecule has 0 unspecified atom stereocenters. The van der Waals surface area contributed by atoms with Crippen LogP contribution in [0.3, 0.4) is 0 Å². The highest BCUT2D eigenvalue weighted by atomic mass is 32.2. The predicted molar refractivity (Wildman–Crippen MR) is 109 cm³/mol. The van der Waals surface area contributed by atoms with Gasteiger partial charge in [-0.25, -0.2) is 27.3 Å². The molecule has 3 amide bonds. The number of halogens is 1. The van der Waals surface area contributed by atoms with Crippen molar-refractivity contribution in [3.8, 4) is 5.75 Å². The van der Waals surface area contributed by atoms with Crippen molar-refractivity contribution in [2.75, 3.05) is 13.2 Å². The minimum Gasteiger partial charge on any atom is -0.490 e. The molecule has 10 nitrogen and oxygen atoms in total. The number of nitrogens with one attached hydrogen (secondary N) is 2. The lowest BCUT2D eigenvalue weighted by Gasteiger charge is -2.16. The normalized spacial score (nSPS) is 17.5. The first-order valence-corrected chi connectivity index (χ1v) is 11.8. The molecule has 1 saturated heterocycles. The van der Waals surface area contributed by atoms with E-state index in [1.165, 1.54) is 29.4 Å². The smallest absolute Gasteiger partial charge is 0.325 e. The second kappa shape index (κ2) is 8.87. The van der Waals surface area contributed by atoms with Crippen LogP contribution in [0.2, 0.25) is 0 Å². The molecule has 1 aromatic carbocycles. The summed E-state index contributed by atoms with van der Waals surface area (Å²) in [5.74, 6) is -0.688. The van der Waals surface area contributed by atoms with Crippen molar-refractivity contribution in [3.05, 3.63) is 47.4 Å². The van der Waals surface area contributed by atoms with E-state index in [2.05, 4.69) is 15.0 Å². The zero-order valence-corrected chi connectivity index (χ0v) is 18.2. The summed E-state index contributed by atoms with van der Waals surface area (Å²) in [5, 5.41) is 2.13. The Morgan fingerprint density at radius 2 is 2.16 bits per heavy atom. The Hall–Kier alpha value is -2.99. The second-order valence-electron chi connectivity index (χ2n) is 7.98. The molecule has 2 aliphatic rings. The number of carbonyl (C=O) groups excluding carboxylic acids is 2. The van der Waals surface area contributed by atoms with Gasteiger partial charge in [0.1, 0.15) is 18.6 Å². The highest BCUT2D eigenvalue weighted by Gasteiger charge is 2.28. The Morgan fingerprint density at radius 1 is 1.38 bits per heavy atom. The molecule has 2 fully saturated rings. The lowest BCUT2D eigenvalue weighted by atomic mass is 10.1. The van der Waals surface area contributed by atoms with Crippen LogP contribution in [-0.2, 0) is 27.1 Å². The number of oxazole rings is 1. The average Bonchev–Trinajstić information content (AvgIpc) is 3.36. The van der Waals surface area contributed by atoms with E-state index in [0.717, 1.165) is 12.8 Å². The van der Waals surface area contributed by atoms with Crippen LogP contribution in [0.15, 0.2) is 28.9 Å². The molecule has 0 bridgehead atoms. The van der Waals surface area contributed by atoms with Gasteiger partial charge >= 0.3 is 6.03 Å². The number of amides is 3. The number of imide groups is 1. The summed E-state index contributed by atoms with van der Waals surface area (Å²) in [5.41, 5.74) is 0.713. The molecule has 1 atom stereocenters. The van der Waals surface area contributed by atoms with E-state index in [0.29, 0.717) is 18.1 Å². The zero-order valence-electron chi connectivity index (χ0n) is 17.3. The SMILES string of the molecule is C[C@@H](NS(=O)(=O)Cc1coc(CN2CC(=O)NC2=O)n1)c1ccc(F)c(OCC2CC2)c1. The number of rotatable bonds is 10. The van der Waals surface area contributed by atoms with Crippen LogP contribution in [0.5, 0.6) is 5.75 Å². The molecule has 1 aliphatic carbocycles. The quantitative estimate of drug-likeness (QED) is 0.511. The van der Waals surface area contributed by atoms with E-state index in [1.807, 2.05) is 0 Å². The minimum absolute atomic E-state index is 0.0549. The lowest BCUT2D eigenvalue weighted by molar-refractivity contribution is -0.118. The first kappa shape index (κ1) is 22.2. The predicted octanol–water partition coefficient (Wildman–Crippen LogP) is 1.83. The molecule has 1 saturated carbocycles. The molecule has 2 N–H and O–H groups in total. The maximum Gasteiger partial charge on any atom is 0.325 e. The van der Waals surface area contributed by atoms with Gasteiger partial charge in [-0.2, -0.15) is 0 Å². The Kier molecular flexibility index (Phi) is 6.15. The van der Waals surface area contributed by atoms with Crippen molar-refractivity contribution in [1.29, 1.82) is 0 Å². The number of aromatic nitrogens is 1. The first-order valence-electron chi connectivity index (χ1n) is 10.1. The topological polar surface area (TPSA) is 131 Å². The molecule has 2 heterocycles. The van der Waals surface area contributed by atoms with Gasteiger partial charge in [-0.3, -0.25) is 10.1 Å². The largest absolute Gasteiger partial charge is 0.490 e. The van der Waals surface area contributed by atoms with Gasteiger partial charge in [0.05, 0.1) is 18.8 Å². The minimum atomic E-state index is -3.81. The van der Waals surface area contributed by atoms with Crippen LogP contribution >= 0.6 is 0 Å². The highest BCUT2D eigenvalue weighted by Crippen LogP contribution is 2.31. The van der Waals surface area contributed by atoms with Crippen molar-refractivity contribution in [3.63, 3.8) is 0 Å². The van der Waals surface area contributed by atoms with Crippen molar-refractivity contribution in [2.45, 2.75) is 38.1 Å². The van der Waals surface area contributed by atoms with E-state index >= 15 is 0 Å². The summed E-state index contributed by atoms with van der Waals surface area (Å²) in [6.07, 6.45) is 3.34. The summed E-state index contributed by atoms with van der Waals surface area (Å²) < 4.78 is 52.5. The van der Waals surface area contributed by atoms with Gasteiger partial charge in [0.15, 0.2) is 11.6 Å². The van der Waals surface area contributed by atoms with E-state index in [9.17, 15) is 22.4 Å². The van der Waals surface area contributed by atoms with E-state index < -0.39 is 39.6 Å². The van der Waals surface area contributed by atoms with Crippen LogP contribution in [0.1, 0.15) is 43.0 Å². The van der Waals surface area contributed by atoms with Crippen LogP contribution in [-0.4, -0.2) is 43.4 Å². The number of sulfonamides is 1. The second-order valence-corrected chi connectivity index (χ2v) is 9.74. The maximum absolute atomic E-state index is 14.0. The molecular formula is C20H23FN4O6S. The number of carbonyl (C=O) groups is 2. The van der Waals surface area contributed by atoms with Crippen LogP contribution in [0, 0.1) is 11.7 Å². The maximum atomic E-state index is 14.0. The Balaban J connectivity index is 1.36. The summed E-state index contributed by atoms with van der Waals surface area (Å²) in [6.45, 7) is 1.92. The molecule has 172 valence electrons.